The number of hydrogen-bond acceptors (Lipinski definition) is 11. The highest BCUT2D eigenvalue weighted by atomic mass is 16.8. The van der Waals surface area contributed by atoms with E-state index in [1.54, 1.807) is 0 Å². The Bertz CT molecular complexity index is 741. The van der Waals surface area contributed by atoms with Crippen LogP contribution in [0, 0.1) is 0 Å². The molecule has 2 heterocycles. The van der Waals surface area contributed by atoms with E-state index in [4.69, 9.17) is 18.9 Å². The number of phenols is 1. The van der Waals surface area contributed by atoms with Gasteiger partial charge in [-0.25, -0.2) is 4.79 Å². The summed E-state index contributed by atoms with van der Waals surface area (Å²) >= 11 is 0. The van der Waals surface area contributed by atoms with Crippen molar-refractivity contribution in [2.24, 2.45) is 0 Å². The minimum atomic E-state index is -1.98. The Balaban J connectivity index is 1.82. The number of carboxylic acid groups (broad SMARTS) is 1. The van der Waals surface area contributed by atoms with Crippen molar-refractivity contribution < 1.29 is 59.5 Å². The Kier molecular flexibility index (Phi) is 6.26. The number of carboxylic acids is 1. The quantitative estimate of drug-likeness (QED) is 0.254. The molecule has 2 saturated heterocycles. The molecule has 1 aromatic carbocycles. The molecule has 29 heavy (non-hydrogen) atoms. The van der Waals surface area contributed by atoms with Crippen LogP contribution in [0.15, 0.2) is 18.2 Å². The van der Waals surface area contributed by atoms with E-state index in [1.165, 1.54) is 12.1 Å². The van der Waals surface area contributed by atoms with Gasteiger partial charge >= 0.3 is 5.97 Å². The van der Waals surface area contributed by atoms with Crippen molar-refractivity contribution in [3.8, 4) is 11.5 Å². The lowest BCUT2D eigenvalue weighted by Crippen LogP contribution is -2.58. The van der Waals surface area contributed by atoms with Gasteiger partial charge in [-0.1, -0.05) is 6.07 Å². The summed E-state index contributed by atoms with van der Waals surface area (Å²) in [7, 11) is 0. The van der Waals surface area contributed by atoms with Gasteiger partial charge in [0.15, 0.2) is 12.4 Å². The van der Waals surface area contributed by atoms with Crippen LogP contribution < -0.4 is 4.74 Å². The topological polar surface area (TPSA) is 196 Å². The molecule has 0 saturated carbocycles. The van der Waals surface area contributed by atoms with Crippen molar-refractivity contribution in [1.29, 1.82) is 0 Å². The molecule has 162 valence electrons. The zero-order valence-corrected chi connectivity index (χ0v) is 15.0. The lowest BCUT2D eigenvalue weighted by molar-refractivity contribution is -0.297. The summed E-state index contributed by atoms with van der Waals surface area (Å²) in [6.45, 7) is -1.64. The normalized spacial score (nSPS) is 37.4. The van der Waals surface area contributed by atoms with E-state index >= 15 is 0 Å². The molecule has 2 aliphatic heterocycles. The molecule has 0 bridgehead atoms. The lowest BCUT2D eigenvalue weighted by Gasteiger charge is -2.39. The zero-order chi connectivity index (χ0) is 21.3. The Morgan fingerprint density at radius 3 is 2.55 bits per heavy atom. The molecular formula is C17H22O12. The fourth-order valence-corrected chi connectivity index (χ4v) is 3.03. The molecule has 0 amide bonds. The Morgan fingerprint density at radius 2 is 1.93 bits per heavy atom. The van der Waals surface area contributed by atoms with Gasteiger partial charge in [0, 0.05) is 0 Å². The van der Waals surface area contributed by atoms with Gasteiger partial charge in [-0.05, 0) is 12.1 Å². The first-order valence-corrected chi connectivity index (χ1v) is 8.66. The van der Waals surface area contributed by atoms with Gasteiger partial charge < -0.3 is 54.7 Å². The van der Waals surface area contributed by atoms with E-state index < -0.39 is 73.1 Å². The molecule has 2 fully saturated rings. The van der Waals surface area contributed by atoms with E-state index in [-0.39, 0.29) is 12.4 Å². The highest BCUT2D eigenvalue weighted by Gasteiger charge is 2.52. The number of rotatable bonds is 6. The van der Waals surface area contributed by atoms with Crippen LogP contribution in [-0.4, -0.2) is 104 Å². The standard InChI is InChI=1S/C17H22O12/c18-5-17(25)6-27-16(13(17)22)29-12-11(21)8(20)4-26-15(12)28-9-3-1-2-7(19)10(9)14(23)24/h1-3,8,11-13,15-16,18-22,25H,4-6H2,(H,23,24)/t8-,11+,12-,13+,15+,16+,17-/m1/s1. The number of benzene rings is 1. The third kappa shape index (κ3) is 4.15. The summed E-state index contributed by atoms with van der Waals surface area (Å²) in [5, 5.41) is 68.6. The molecule has 3 rings (SSSR count). The van der Waals surface area contributed by atoms with E-state index in [0.29, 0.717) is 0 Å². The number of aliphatic hydroxyl groups excluding tert-OH is 4. The Hall–Kier alpha value is -2.03. The Labute approximate surface area is 164 Å². The molecule has 1 aromatic rings. The fraction of sp³-hybridized carbons (Fsp3) is 0.588. The molecule has 0 unspecified atom stereocenters. The molecule has 0 spiro atoms. The van der Waals surface area contributed by atoms with Gasteiger partial charge in [0.25, 0.3) is 0 Å². The molecule has 0 radical (unpaired) electrons. The maximum absolute atomic E-state index is 11.4. The highest BCUT2D eigenvalue weighted by Crippen LogP contribution is 2.33. The highest BCUT2D eigenvalue weighted by molar-refractivity contribution is 5.93. The molecule has 0 aliphatic carbocycles. The van der Waals surface area contributed by atoms with Crippen LogP contribution in [-0.2, 0) is 14.2 Å². The zero-order valence-electron chi connectivity index (χ0n) is 15.0. The van der Waals surface area contributed by atoms with Crippen molar-refractivity contribution in [3.63, 3.8) is 0 Å². The van der Waals surface area contributed by atoms with Crippen molar-refractivity contribution in [3.05, 3.63) is 23.8 Å². The molecule has 2 aliphatic rings. The molecule has 12 nitrogen and oxygen atoms in total. The SMILES string of the molecule is O=C(O)c1c(O)cccc1O[C@@H]1OC[C@@H](O)[C@H](O)[C@H]1O[C@@H]1OC[C@](O)(CO)[C@H]1O. The number of aromatic hydroxyl groups is 1. The number of carbonyl (C=O) groups is 1. The fourth-order valence-electron chi connectivity index (χ4n) is 3.03. The summed E-state index contributed by atoms with van der Waals surface area (Å²) in [5.41, 5.74) is -2.54. The lowest BCUT2D eigenvalue weighted by atomic mass is 10.0. The van der Waals surface area contributed by atoms with E-state index in [9.17, 15) is 40.5 Å². The number of aromatic carboxylic acids is 1. The second-order valence-electron chi connectivity index (χ2n) is 6.82. The predicted octanol–water partition coefficient (Wildman–Crippen LogP) is -2.63. The van der Waals surface area contributed by atoms with Gasteiger partial charge in [0.05, 0.1) is 19.8 Å². The van der Waals surface area contributed by atoms with Gasteiger partial charge in [0.2, 0.25) is 6.29 Å². The van der Waals surface area contributed by atoms with Crippen LogP contribution >= 0.6 is 0 Å². The molecule has 7 atom stereocenters. The Morgan fingerprint density at radius 1 is 1.21 bits per heavy atom. The average Bonchev–Trinajstić information content (AvgIpc) is 2.96. The third-order valence-electron chi connectivity index (χ3n) is 4.76. The minimum Gasteiger partial charge on any atom is -0.507 e. The van der Waals surface area contributed by atoms with Crippen LogP contribution in [0.4, 0.5) is 0 Å². The molecule has 12 heteroatoms. The van der Waals surface area contributed by atoms with Crippen molar-refractivity contribution in [2.75, 3.05) is 19.8 Å². The van der Waals surface area contributed by atoms with Crippen LogP contribution in [0.25, 0.3) is 0 Å². The van der Waals surface area contributed by atoms with Crippen LogP contribution in [0.3, 0.4) is 0 Å². The summed E-state index contributed by atoms with van der Waals surface area (Å²) in [6, 6.07) is 3.71. The number of aliphatic hydroxyl groups is 5. The van der Waals surface area contributed by atoms with Crippen LogP contribution in [0.1, 0.15) is 10.4 Å². The smallest absolute Gasteiger partial charge is 0.343 e. The van der Waals surface area contributed by atoms with Crippen LogP contribution in [0.5, 0.6) is 11.5 Å². The number of ether oxygens (including phenoxy) is 4. The summed E-state index contributed by atoms with van der Waals surface area (Å²) in [5.74, 6) is -2.33. The van der Waals surface area contributed by atoms with Gasteiger partial charge in [-0.2, -0.15) is 0 Å². The summed E-state index contributed by atoms with van der Waals surface area (Å²) < 4.78 is 21.3. The van der Waals surface area contributed by atoms with E-state index in [0.717, 1.165) is 6.07 Å². The maximum Gasteiger partial charge on any atom is 0.343 e. The van der Waals surface area contributed by atoms with Gasteiger partial charge in [-0.3, -0.25) is 0 Å². The molecule has 0 aromatic heterocycles. The van der Waals surface area contributed by atoms with E-state index in [2.05, 4.69) is 0 Å². The first-order chi connectivity index (χ1) is 13.7. The largest absolute Gasteiger partial charge is 0.507 e. The van der Waals surface area contributed by atoms with E-state index in [1.807, 2.05) is 0 Å². The maximum atomic E-state index is 11.4. The van der Waals surface area contributed by atoms with Crippen molar-refractivity contribution >= 4 is 5.97 Å². The van der Waals surface area contributed by atoms with Crippen LogP contribution in [0.2, 0.25) is 0 Å². The summed E-state index contributed by atoms with van der Waals surface area (Å²) in [6.07, 6.45) is -9.11. The van der Waals surface area contributed by atoms with Crippen molar-refractivity contribution in [2.45, 2.75) is 42.6 Å². The minimum absolute atomic E-state index is 0.292. The van der Waals surface area contributed by atoms with Gasteiger partial charge in [0.1, 0.15) is 41.0 Å². The third-order valence-corrected chi connectivity index (χ3v) is 4.76. The molecular weight excluding hydrogens is 396 g/mol. The second-order valence-corrected chi connectivity index (χ2v) is 6.82. The predicted molar refractivity (Wildman–Crippen MR) is 90.1 cm³/mol. The first-order valence-electron chi connectivity index (χ1n) is 8.66. The van der Waals surface area contributed by atoms with Gasteiger partial charge in [-0.15, -0.1) is 0 Å². The second kappa shape index (κ2) is 8.38. The average molecular weight is 418 g/mol. The monoisotopic (exact) mass is 418 g/mol. The first kappa shape index (κ1) is 21.7. The number of hydrogen-bond donors (Lipinski definition) is 7. The summed E-state index contributed by atoms with van der Waals surface area (Å²) in [4.78, 5) is 11.4. The molecule has 7 N–H and O–H groups in total. The van der Waals surface area contributed by atoms with Crippen molar-refractivity contribution in [1.82, 2.24) is 0 Å².